The van der Waals surface area contributed by atoms with Crippen LogP contribution in [0.4, 0.5) is 0 Å². The fourth-order valence-corrected chi connectivity index (χ4v) is 0. The maximum atomic E-state index is 8.82. The van der Waals surface area contributed by atoms with Gasteiger partial charge in [0, 0.05) is 0 Å². The molecule has 0 bridgehead atoms. The summed E-state index contributed by atoms with van der Waals surface area (Å²) in [4.78, 5) is 0. The van der Waals surface area contributed by atoms with Crippen LogP contribution in [-0.4, -0.2) is 11.8 Å². The Hall–Kier alpha value is 0.662. The molecule has 0 saturated carbocycles. The van der Waals surface area contributed by atoms with Gasteiger partial charge in [-0.2, -0.15) is 0 Å². The van der Waals surface area contributed by atoms with Crippen LogP contribution in [0.15, 0.2) is 0 Å². The minimum absolute atomic E-state index is 3.76. The van der Waals surface area contributed by atoms with Crippen LogP contribution in [0.1, 0.15) is 0 Å². The Labute approximate surface area is 61.0 Å². The van der Waals surface area contributed by atoms with Gasteiger partial charge in [0.1, 0.15) is 0 Å². The molecule has 0 aromatic heterocycles. The predicted molar refractivity (Wildman–Crippen MR) is 8.03 cm³/mol. The summed E-state index contributed by atoms with van der Waals surface area (Å²) in [6.45, 7) is 0. The van der Waals surface area contributed by atoms with Gasteiger partial charge in [-0.3, -0.25) is 0 Å². The molecule has 0 aliphatic carbocycles. The van der Waals surface area contributed by atoms with Gasteiger partial charge >= 0.3 is 50.6 Å². The second kappa shape index (κ2) is 5.45. The Kier molecular flexibility index (Phi) is 7.47. The second-order valence-corrected chi connectivity index (χ2v) is 3.19. The van der Waals surface area contributed by atoms with Crippen molar-refractivity contribution in [3.63, 3.8) is 0 Å². The zero-order chi connectivity index (χ0) is 8.08. The summed E-state index contributed by atoms with van der Waals surface area (Å²) in [5.74, 6) is 0. The van der Waals surface area contributed by atoms with Crippen LogP contribution in [0.25, 0.3) is 0 Å². The molecule has 0 radical (unpaired) electrons. The molecular formula is H3CrIO7. The van der Waals surface area contributed by atoms with Crippen LogP contribution in [0.2, 0.25) is 0 Å². The van der Waals surface area contributed by atoms with Crippen LogP contribution in [0.5, 0.6) is 0 Å². The zero-order valence-corrected chi connectivity index (χ0v) is 7.19. The summed E-state index contributed by atoms with van der Waals surface area (Å²) in [6.07, 6.45) is 0. The van der Waals surface area contributed by atoms with Gasteiger partial charge in [-0.25, -0.2) is 0 Å². The van der Waals surface area contributed by atoms with Crippen molar-refractivity contribution in [3.8, 4) is 0 Å². The number of hydrogen-bond acceptors (Lipinski definition) is 5. The van der Waals surface area contributed by atoms with Crippen molar-refractivity contribution in [3.05, 3.63) is 0 Å². The first-order valence-corrected chi connectivity index (χ1v) is 6.08. The van der Waals surface area contributed by atoms with Crippen LogP contribution in [0.3, 0.4) is 0 Å². The van der Waals surface area contributed by atoms with Crippen molar-refractivity contribution in [1.82, 2.24) is 0 Å². The SMILES string of the molecule is [O-][I+2]([O-])O.[O]=[Cr](=[O])([OH])[OH]. The maximum absolute atomic E-state index is 8.82. The van der Waals surface area contributed by atoms with Gasteiger partial charge in [0.2, 0.25) is 0 Å². The van der Waals surface area contributed by atoms with E-state index >= 15 is 0 Å². The van der Waals surface area contributed by atoms with E-state index in [0.29, 0.717) is 0 Å². The van der Waals surface area contributed by atoms with Gasteiger partial charge in [0.25, 0.3) is 0 Å². The molecule has 0 aromatic rings. The summed E-state index contributed by atoms with van der Waals surface area (Å²) < 4.78 is 56.3. The molecule has 7 nitrogen and oxygen atoms in total. The van der Waals surface area contributed by atoms with Crippen LogP contribution < -0.4 is 27.9 Å². The first kappa shape index (κ1) is 12.3. The van der Waals surface area contributed by atoms with Crippen LogP contribution in [-0.2, 0) is 21.2 Å². The monoisotopic (exact) mass is 294 g/mol. The van der Waals surface area contributed by atoms with E-state index < -0.39 is 34.7 Å². The average Bonchev–Trinajstić information content (AvgIpc) is 1.19. The van der Waals surface area contributed by atoms with Gasteiger partial charge in [-0.05, 0) is 3.44 Å². The topological polar surface area (TPSA) is 141 Å². The standard InChI is InChI=1S/Cr.HIO3.2H2O.2O/c;2-1(3)4;;;;/h;2H;2*1H2;;/q+2;;;;;/p-2. The zero-order valence-electron chi connectivity index (χ0n) is 3.76. The Morgan fingerprint density at radius 2 is 1.22 bits per heavy atom. The second-order valence-electron chi connectivity index (χ2n) is 0.649. The van der Waals surface area contributed by atoms with E-state index in [1.165, 1.54) is 0 Å². The molecule has 3 N–H and O–H groups in total. The molecule has 9 heteroatoms. The van der Waals surface area contributed by atoms with Crippen molar-refractivity contribution >= 4 is 0 Å². The Morgan fingerprint density at radius 3 is 1.22 bits per heavy atom. The fraction of sp³-hybridized carbons (Fsp3) is 0. The van der Waals surface area contributed by atoms with E-state index in [4.69, 9.17) is 26.2 Å². The quantitative estimate of drug-likeness (QED) is 0.377. The van der Waals surface area contributed by atoms with Crippen molar-refractivity contribution in [1.29, 1.82) is 0 Å². The normalized spacial score (nSPS) is 10.4. The number of halogens is 1. The summed E-state index contributed by atoms with van der Waals surface area (Å²) in [6, 6.07) is 0. The summed E-state index contributed by atoms with van der Waals surface area (Å²) >= 11 is -9.01. The van der Waals surface area contributed by atoms with Crippen molar-refractivity contribution < 1.29 is 60.9 Å². The molecule has 0 aromatic carbocycles. The Balaban J connectivity index is 0. The summed E-state index contributed by atoms with van der Waals surface area (Å²) in [5.41, 5.74) is 0. The Morgan fingerprint density at radius 1 is 1.22 bits per heavy atom. The van der Waals surface area contributed by atoms with E-state index in [1.807, 2.05) is 0 Å². The van der Waals surface area contributed by atoms with Crippen LogP contribution >= 0.6 is 0 Å². The van der Waals surface area contributed by atoms with Crippen molar-refractivity contribution in [2.24, 2.45) is 0 Å². The number of rotatable bonds is 0. The van der Waals surface area contributed by atoms with Gasteiger partial charge in [0.15, 0.2) is 0 Å². The molecule has 0 rings (SSSR count). The molecule has 0 aliphatic rings. The first-order chi connectivity index (χ1) is 3.73. The molecule has 0 atom stereocenters. The van der Waals surface area contributed by atoms with E-state index in [9.17, 15) is 0 Å². The first-order valence-electron chi connectivity index (χ1n) is 1.18. The molecule has 0 spiro atoms. The molecule has 58 valence electrons. The molecule has 0 saturated heterocycles. The van der Waals surface area contributed by atoms with Crippen molar-refractivity contribution in [2.45, 2.75) is 0 Å². The van der Waals surface area contributed by atoms with Crippen molar-refractivity contribution in [2.75, 3.05) is 0 Å². The third kappa shape index (κ3) is 876. The van der Waals surface area contributed by atoms with E-state index in [0.717, 1.165) is 0 Å². The molecule has 0 heterocycles. The Bertz CT molecular complexity index is 120. The number of hydrogen-bond donors (Lipinski definition) is 3. The third-order valence-corrected chi connectivity index (χ3v) is 0. The van der Waals surface area contributed by atoms with Gasteiger partial charge < -0.3 is 6.87 Å². The minimum atomic E-state index is -5.25. The molecular weight excluding hydrogens is 291 g/mol. The average molecular weight is 294 g/mol. The summed E-state index contributed by atoms with van der Waals surface area (Å²) in [5, 5.41) is 0. The predicted octanol–water partition coefficient (Wildman–Crippen LogP) is -7.29. The van der Waals surface area contributed by atoms with Gasteiger partial charge in [-0.1, -0.05) is 0 Å². The molecule has 0 fully saturated rings. The molecule has 0 unspecified atom stereocenters. The fourth-order valence-electron chi connectivity index (χ4n) is 0. The van der Waals surface area contributed by atoms with Gasteiger partial charge in [-0.15, -0.1) is 0 Å². The molecule has 0 aliphatic heterocycles. The third-order valence-electron chi connectivity index (χ3n) is 0. The molecule has 9 heavy (non-hydrogen) atoms. The van der Waals surface area contributed by atoms with E-state index in [1.54, 1.807) is 0 Å². The molecule has 0 amide bonds. The van der Waals surface area contributed by atoms with Crippen LogP contribution in [0, 0.1) is 0 Å². The summed E-state index contributed by atoms with van der Waals surface area (Å²) in [7, 11) is 0. The van der Waals surface area contributed by atoms with E-state index in [-0.39, 0.29) is 0 Å². The van der Waals surface area contributed by atoms with Gasteiger partial charge in [0.05, 0.1) is 0 Å². The van der Waals surface area contributed by atoms with E-state index in [2.05, 4.69) is 0 Å².